The number of nitrogens with zero attached hydrogens (tertiary/aromatic N) is 2. The van der Waals surface area contributed by atoms with E-state index in [9.17, 15) is 19.5 Å². The Balaban J connectivity index is 1.68. The van der Waals surface area contributed by atoms with E-state index in [1.165, 1.54) is 0 Å². The molecule has 41 heavy (non-hydrogen) atoms. The first-order chi connectivity index (χ1) is 19.8. The third kappa shape index (κ3) is 5.93. The van der Waals surface area contributed by atoms with Crippen LogP contribution in [0.3, 0.4) is 0 Å². The summed E-state index contributed by atoms with van der Waals surface area (Å²) in [6.45, 7) is 10.9. The number of rotatable bonds is 16. The molecule has 4 rings (SSSR count). The first-order valence-corrected chi connectivity index (χ1v) is 15.7. The zero-order valence-electron chi connectivity index (χ0n) is 24.3. The van der Waals surface area contributed by atoms with Crippen molar-refractivity contribution in [2.45, 2.75) is 67.9 Å². The summed E-state index contributed by atoms with van der Waals surface area (Å²) in [4.78, 5) is 45.8. The fourth-order valence-electron chi connectivity index (χ4n) is 6.91. The van der Waals surface area contributed by atoms with Crippen molar-refractivity contribution in [1.82, 2.24) is 4.90 Å². The van der Waals surface area contributed by atoms with Crippen LogP contribution in [0.4, 0.5) is 5.69 Å². The highest BCUT2D eigenvalue weighted by atomic mass is 32.2. The minimum Gasteiger partial charge on any atom is -0.497 e. The van der Waals surface area contributed by atoms with Crippen molar-refractivity contribution in [2.24, 2.45) is 17.8 Å². The molecule has 224 valence electrons. The lowest BCUT2D eigenvalue weighted by molar-refractivity contribution is -0.154. The van der Waals surface area contributed by atoms with Crippen LogP contribution >= 0.6 is 11.8 Å². The number of esters is 1. The van der Waals surface area contributed by atoms with E-state index in [0.29, 0.717) is 37.4 Å². The molecule has 0 radical (unpaired) electrons. The smallest absolute Gasteiger partial charge is 0.310 e. The molecule has 3 heterocycles. The summed E-state index contributed by atoms with van der Waals surface area (Å²) in [6.07, 6.45) is 8.83. The molecule has 3 aliphatic heterocycles. The number of allylic oxidation sites excluding steroid dienone is 1. The van der Waals surface area contributed by atoms with Crippen molar-refractivity contribution >= 4 is 35.2 Å². The standard InChI is InChI=1S/C32H44N2O6S/c1-5-7-12-20-40-31(38)26-25-21-22(3)32(41-25)27(26)29(36)34(18-10-8-9-11-19-35)28(32)30(37)33(17-6-2)23-13-15-24(39-4)16-14-23/h5-6,13-16,22,25-28,35H,1-2,7-12,17-21H2,3-4H3/t22?,25-,26+,27-,28?,32?/m0/s1. The Kier molecular flexibility index (Phi) is 10.6. The number of ether oxygens (including phenoxy) is 2. The van der Waals surface area contributed by atoms with Crippen LogP contribution in [0.25, 0.3) is 0 Å². The lowest BCUT2D eigenvalue weighted by Crippen LogP contribution is -2.57. The van der Waals surface area contributed by atoms with Crippen molar-refractivity contribution in [3.05, 3.63) is 49.6 Å². The van der Waals surface area contributed by atoms with Gasteiger partial charge in [0.05, 0.1) is 30.3 Å². The number of likely N-dealkylation sites (tertiary alicyclic amines) is 1. The molecule has 3 saturated heterocycles. The monoisotopic (exact) mass is 584 g/mol. The maximum atomic E-state index is 14.7. The topological polar surface area (TPSA) is 96.4 Å². The number of aliphatic hydroxyl groups excluding tert-OH is 1. The number of methoxy groups -OCH3 is 1. The summed E-state index contributed by atoms with van der Waals surface area (Å²) in [7, 11) is 1.60. The van der Waals surface area contributed by atoms with Gasteiger partial charge in [0.15, 0.2) is 0 Å². The summed E-state index contributed by atoms with van der Waals surface area (Å²) in [5.41, 5.74) is 0.703. The normalized spacial score (nSPS) is 27.9. The summed E-state index contributed by atoms with van der Waals surface area (Å²) in [5, 5.41) is 9.13. The molecule has 3 unspecified atom stereocenters. The molecule has 0 aliphatic carbocycles. The maximum Gasteiger partial charge on any atom is 0.310 e. The van der Waals surface area contributed by atoms with Crippen LogP contribution < -0.4 is 9.64 Å². The van der Waals surface area contributed by atoms with Gasteiger partial charge in [-0.15, -0.1) is 24.9 Å². The average Bonchev–Trinajstić information content (AvgIpc) is 3.57. The number of carbonyl (C=O) groups is 3. The molecule has 0 saturated carbocycles. The van der Waals surface area contributed by atoms with Crippen LogP contribution in [0.2, 0.25) is 0 Å². The second-order valence-corrected chi connectivity index (χ2v) is 12.8. The van der Waals surface area contributed by atoms with E-state index >= 15 is 0 Å². The molecule has 1 N–H and O–H groups in total. The van der Waals surface area contributed by atoms with Crippen LogP contribution in [-0.4, -0.2) is 77.2 Å². The molecule has 1 aromatic carbocycles. The number of carbonyl (C=O) groups excluding carboxylic acids is 3. The molecule has 1 aromatic rings. The molecular formula is C32H44N2O6S. The van der Waals surface area contributed by atoms with Gasteiger partial charge in [0, 0.05) is 30.6 Å². The van der Waals surface area contributed by atoms with Gasteiger partial charge in [0.2, 0.25) is 5.91 Å². The quantitative estimate of drug-likeness (QED) is 0.172. The van der Waals surface area contributed by atoms with E-state index in [1.807, 2.05) is 24.3 Å². The number of hydrogen-bond acceptors (Lipinski definition) is 7. The van der Waals surface area contributed by atoms with Gasteiger partial charge in [0.25, 0.3) is 5.91 Å². The highest BCUT2D eigenvalue weighted by Gasteiger charge is 2.76. The zero-order chi connectivity index (χ0) is 29.6. The number of thioether (sulfide) groups is 1. The molecule has 6 atom stereocenters. The molecule has 3 fully saturated rings. The van der Waals surface area contributed by atoms with Crippen LogP contribution in [0.15, 0.2) is 49.6 Å². The van der Waals surface area contributed by atoms with Gasteiger partial charge in [-0.05, 0) is 62.3 Å². The van der Waals surface area contributed by atoms with Crippen molar-refractivity contribution in [3.63, 3.8) is 0 Å². The third-order valence-corrected chi connectivity index (χ3v) is 10.9. The van der Waals surface area contributed by atoms with Crippen molar-refractivity contribution in [3.8, 4) is 5.75 Å². The van der Waals surface area contributed by atoms with E-state index in [1.54, 1.807) is 40.8 Å². The molecule has 3 aliphatic rings. The van der Waals surface area contributed by atoms with Gasteiger partial charge in [0.1, 0.15) is 11.8 Å². The lowest BCUT2D eigenvalue weighted by atomic mass is 9.66. The fourth-order valence-corrected chi connectivity index (χ4v) is 9.32. The molecule has 8 nitrogen and oxygen atoms in total. The number of fused-ring (bicyclic) bond motifs is 1. The van der Waals surface area contributed by atoms with Gasteiger partial charge in [-0.25, -0.2) is 0 Å². The third-order valence-electron chi connectivity index (χ3n) is 8.82. The molecule has 2 bridgehead atoms. The number of anilines is 1. The molecule has 9 heteroatoms. The van der Waals surface area contributed by atoms with E-state index in [-0.39, 0.29) is 42.1 Å². The van der Waals surface area contributed by atoms with Gasteiger partial charge in [-0.2, -0.15) is 0 Å². The van der Waals surface area contributed by atoms with E-state index < -0.39 is 22.6 Å². The molecule has 0 aromatic heterocycles. The van der Waals surface area contributed by atoms with Crippen LogP contribution in [0.5, 0.6) is 5.75 Å². The van der Waals surface area contributed by atoms with Crippen LogP contribution in [-0.2, 0) is 19.1 Å². The number of benzene rings is 1. The van der Waals surface area contributed by atoms with Gasteiger partial charge < -0.3 is 24.4 Å². The van der Waals surface area contributed by atoms with Crippen LogP contribution in [0.1, 0.15) is 51.9 Å². The summed E-state index contributed by atoms with van der Waals surface area (Å²) >= 11 is 1.66. The average molecular weight is 585 g/mol. The van der Waals surface area contributed by atoms with E-state index in [0.717, 1.165) is 32.1 Å². The Bertz CT molecular complexity index is 1110. The highest BCUT2D eigenvalue weighted by Crippen LogP contribution is 2.68. The Labute approximate surface area is 248 Å². The second-order valence-electron chi connectivity index (χ2n) is 11.3. The highest BCUT2D eigenvalue weighted by molar-refractivity contribution is 8.02. The Morgan fingerprint density at radius 1 is 1.15 bits per heavy atom. The molecule has 1 spiro atoms. The Morgan fingerprint density at radius 3 is 2.54 bits per heavy atom. The van der Waals surface area contributed by atoms with Gasteiger partial charge in [-0.1, -0.05) is 31.9 Å². The number of hydrogen-bond donors (Lipinski definition) is 1. The SMILES string of the molecule is C=CCCCOC(=O)[C@@H]1[C@@H]2CC(C)C3(S2)C(C(=O)N(CC=C)c2ccc(OC)cc2)N(CCCCCCO)C(=O)[C@H]13. The maximum absolute atomic E-state index is 14.7. The van der Waals surface area contributed by atoms with Gasteiger partial charge >= 0.3 is 5.97 Å². The van der Waals surface area contributed by atoms with E-state index in [2.05, 4.69) is 20.1 Å². The number of unbranched alkanes of at least 4 members (excludes halogenated alkanes) is 4. The zero-order valence-corrected chi connectivity index (χ0v) is 25.2. The van der Waals surface area contributed by atoms with Crippen molar-refractivity contribution in [2.75, 3.05) is 38.3 Å². The van der Waals surface area contributed by atoms with Crippen molar-refractivity contribution < 1.29 is 29.0 Å². The van der Waals surface area contributed by atoms with E-state index in [4.69, 9.17) is 9.47 Å². The minimum atomic E-state index is -0.708. The van der Waals surface area contributed by atoms with Gasteiger partial charge in [-0.3, -0.25) is 14.4 Å². The first kappa shape index (κ1) is 31.2. The largest absolute Gasteiger partial charge is 0.497 e. The first-order valence-electron chi connectivity index (χ1n) is 14.8. The predicted molar refractivity (Wildman–Crippen MR) is 162 cm³/mol. The van der Waals surface area contributed by atoms with Crippen molar-refractivity contribution in [1.29, 1.82) is 0 Å². The molecule has 2 amide bonds. The fraction of sp³-hybridized carbons (Fsp3) is 0.594. The number of amides is 2. The number of aliphatic hydroxyl groups is 1. The predicted octanol–water partition coefficient (Wildman–Crippen LogP) is 4.61. The lowest BCUT2D eigenvalue weighted by Gasteiger charge is -2.40. The summed E-state index contributed by atoms with van der Waals surface area (Å²) < 4.78 is 10.3. The molecular weight excluding hydrogens is 540 g/mol. The van der Waals surface area contributed by atoms with Crippen LogP contribution in [0, 0.1) is 17.8 Å². The summed E-state index contributed by atoms with van der Waals surface area (Å²) in [6, 6.07) is 6.61. The minimum absolute atomic E-state index is 0.0540. The summed E-state index contributed by atoms with van der Waals surface area (Å²) in [5.74, 6) is -0.988. The Hall–Kier alpha value is -2.78. The Morgan fingerprint density at radius 2 is 1.88 bits per heavy atom. The second kappa shape index (κ2) is 13.9.